The Bertz CT molecular complexity index is 774. The second kappa shape index (κ2) is 8.28. The van der Waals surface area contributed by atoms with E-state index < -0.39 is 17.7 Å². The number of benzene rings is 2. The zero-order chi connectivity index (χ0) is 18.4. The largest absolute Gasteiger partial charge is 0.491 e. The summed E-state index contributed by atoms with van der Waals surface area (Å²) in [4.78, 5) is 23.2. The molecule has 0 saturated carbocycles. The lowest BCUT2D eigenvalue weighted by molar-refractivity contribution is -0.116. The second-order valence-corrected chi connectivity index (χ2v) is 5.82. The van der Waals surface area contributed by atoms with Crippen LogP contribution in [0.2, 0.25) is 0 Å². The van der Waals surface area contributed by atoms with Crippen molar-refractivity contribution in [2.45, 2.75) is 32.8 Å². The Labute approximate surface area is 145 Å². The average molecular weight is 345 g/mol. The van der Waals surface area contributed by atoms with E-state index in [9.17, 15) is 14.0 Å². The molecule has 0 unspecified atom stereocenters. The highest BCUT2D eigenvalue weighted by atomic mass is 19.1. The lowest BCUT2D eigenvalue weighted by Crippen LogP contribution is -2.14. The van der Waals surface area contributed by atoms with Gasteiger partial charge in [-0.15, -0.1) is 0 Å². The van der Waals surface area contributed by atoms with Crippen molar-refractivity contribution in [2.24, 2.45) is 0 Å². The molecule has 0 saturated heterocycles. The van der Waals surface area contributed by atoms with Crippen molar-refractivity contribution in [3.63, 3.8) is 0 Å². The van der Waals surface area contributed by atoms with Gasteiger partial charge in [0.25, 0.3) is 0 Å². The predicted octanol–water partition coefficient (Wildman–Crippen LogP) is 3.88. The molecule has 2 N–H and O–H groups in total. The van der Waals surface area contributed by atoms with E-state index in [4.69, 9.17) is 9.84 Å². The number of anilines is 1. The summed E-state index contributed by atoms with van der Waals surface area (Å²) in [6.07, 6.45) is 0.229. The molecule has 132 valence electrons. The summed E-state index contributed by atoms with van der Waals surface area (Å²) >= 11 is 0. The van der Waals surface area contributed by atoms with Gasteiger partial charge in [0.05, 0.1) is 17.4 Å². The van der Waals surface area contributed by atoms with E-state index in [0.717, 1.165) is 0 Å². The number of hydrogen-bond donors (Lipinski definition) is 2. The zero-order valence-electron chi connectivity index (χ0n) is 14.1. The first kappa shape index (κ1) is 18.4. The van der Waals surface area contributed by atoms with E-state index in [-0.39, 0.29) is 30.2 Å². The fraction of sp³-hybridized carbons (Fsp3) is 0.263. The Hall–Kier alpha value is -2.89. The topological polar surface area (TPSA) is 75.6 Å². The van der Waals surface area contributed by atoms with Gasteiger partial charge in [0, 0.05) is 12.5 Å². The molecule has 2 aromatic carbocycles. The van der Waals surface area contributed by atoms with Crippen molar-refractivity contribution < 1.29 is 23.8 Å². The van der Waals surface area contributed by atoms with Crippen LogP contribution in [0.4, 0.5) is 10.1 Å². The number of hydrogen-bond acceptors (Lipinski definition) is 3. The maximum Gasteiger partial charge on any atom is 0.335 e. The molecule has 0 fully saturated rings. The van der Waals surface area contributed by atoms with Gasteiger partial charge in [0.1, 0.15) is 11.6 Å². The minimum atomic E-state index is -1.04. The molecule has 5 nitrogen and oxygen atoms in total. The number of carbonyl (C=O) groups is 2. The molecule has 0 aliphatic carbocycles. The predicted molar refractivity (Wildman–Crippen MR) is 92.5 cm³/mol. The number of carboxylic acids is 1. The Balaban J connectivity index is 1.98. The quantitative estimate of drug-likeness (QED) is 0.798. The van der Waals surface area contributed by atoms with Crippen LogP contribution in [0.3, 0.4) is 0 Å². The van der Waals surface area contributed by atoms with Gasteiger partial charge in [-0.05, 0) is 44.0 Å². The van der Waals surface area contributed by atoms with E-state index in [1.807, 2.05) is 13.8 Å². The van der Waals surface area contributed by atoms with Crippen molar-refractivity contribution in [1.82, 2.24) is 0 Å². The van der Waals surface area contributed by atoms with Gasteiger partial charge in [0.15, 0.2) is 0 Å². The molecule has 0 atom stereocenters. The van der Waals surface area contributed by atoms with Crippen LogP contribution in [0.1, 0.15) is 36.2 Å². The monoisotopic (exact) mass is 345 g/mol. The highest BCUT2D eigenvalue weighted by molar-refractivity contribution is 5.92. The van der Waals surface area contributed by atoms with Gasteiger partial charge in [-0.1, -0.05) is 18.2 Å². The summed E-state index contributed by atoms with van der Waals surface area (Å²) in [6.45, 7) is 3.67. The molecule has 0 radical (unpaired) electrons. The number of ether oxygens (including phenoxy) is 1. The summed E-state index contributed by atoms with van der Waals surface area (Å²) in [5.74, 6) is -1.63. The van der Waals surface area contributed by atoms with Gasteiger partial charge in [-0.2, -0.15) is 0 Å². The molecule has 0 bridgehead atoms. The lowest BCUT2D eigenvalue weighted by Gasteiger charge is -2.12. The second-order valence-electron chi connectivity index (χ2n) is 5.82. The fourth-order valence-electron chi connectivity index (χ4n) is 2.35. The molecule has 0 aliphatic rings. The minimum absolute atomic E-state index is 0.0496. The van der Waals surface area contributed by atoms with Gasteiger partial charge in [0.2, 0.25) is 5.91 Å². The molecular formula is C19H20FNO4. The van der Waals surface area contributed by atoms with Crippen LogP contribution < -0.4 is 10.1 Å². The maximum absolute atomic E-state index is 14.0. The third-order valence-electron chi connectivity index (χ3n) is 3.46. The minimum Gasteiger partial charge on any atom is -0.491 e. The number of carbonyl (C=O) groups excluding carboxylic acids is 1. The Morgan fingerprint density at radius 2 is 1.92 bits per heavy atom. The maximum atomic E-state index is 14.0. The van der Waals surface area contributed by atoms with E-state index in [2.05, 4.69) is 5.32 Å². The molecule has 0 heterocycles. The number of halogens is 1. The lowest BCUT2D eigenvalue weighted by atomic mass is 10.0. The van der Waals surface area contributed by atoms with Crippen LogP contribution in [-0.4, -0.2) is 23.1 Å². The van der Waals surface area contributed by atoms with Gasteiger partial charge in [-0.25, -0.2) is 9.18 Å². The van der Waals surface area contributed by atoms with Crippen molar-refractivity contribution in [2.75, 3.05) is 5.32 Å². The SMILES string of the molecule is CC(C)Oc1ccc(NC(=O)CCc2ccccc2C(=O)O)c(F)c1. The average Bonchev–Trinajstić information content (AvgIpc) is 2.55. The van der Waals surface area contributed by atoms with Crippen LogP contribution in [0.25, 0.3) is 0 Å². The number of nitrogens with one attached hydrogen (secondary N) is 1. The van der Waals surface area contributed by atoms with E-state index in [1.54, 1.807) is 24.3 Å². The highest BCUT2D eigenvalue weighted by Gasteiger charge is 2.12. The molecule has 1 amide bonds. The Morgan fingerprint density at radius 1 is 1.20 bits per heavy atom. The third-order valence-corrected chi connectivity index (χ3v) is 3.46. The highest BCUT2D eigenvalue weighted by Crippen LogP contribution is 2.22. The molecule has 6 heteroatoms. The Kier molecular flexibility index (Phi) is 6.11. The molecule has 0 aromatic heterocycles. The van der Waals surface area contributed by atoms with Crippen molar-refractivity contribution in [3.8, 4) is 5.75 Å². The van der Waals surface area contributed by atoms with E-state index in [0.29, 0.717) is 11.3 Å². The van der Waals surface area contributed by atoms with Crippen LogP contribution in [-0.2, 0) is 11.2 Å². The van der Waals surface area contributed by atoms with Crippen molar-refractivity contribution >= 4 is 17.6 Å². The molecule has 2 aromatic rings. The van der Waals surface area contributed by atoms with Gasteiger partial charge < -0.3 is 15.2 Å². The summed E-state index contributed by atoms with van der Waals surface area (Å²) in [5.41, 5.74) is 0.788. The number of amides is 1. The number of aryl methyl sites for hydroxylation is 1. The van der Waals surface area contributed by atoms with Gasteiger partial charge >= 0.3 is 5.97 Å². The van der Waals surface area contributed by atoms with E-state index in [1.165, 1.54) is 18.2 Å². The summed E-state index contributed by atoms with van der Waals surface area (Å²) in [6, 6.07) is 10.7. The molecule has 0 aliphatic heterocycles. The first-order valence-corrected chi connectivity index (χ1v) is 7.94. The number of rotatable bonds is 7. The summed E-state index contributed by atoms with van der Waals surface area (Å²) < 4.78 is 19.4. The smallest absolute Gasteiger partial charge is 0.335 e. The normalized spacial score (nSPS) is 10.6. The molecular weight excluding hydrogens is 325 g/mol. The molecule has 2 rings (SSSR count). The first-order chi connectivity index (χ1) is 11.9. The third kappa shape index (κ3) is 5.31. The number of carboxylic acid groups (broad SMARTS) is 1. The fourth-order valence-corrected chi connectivity index (χ4v) is 2.35. The van der Waals surface area contributed by atoms with Crippen molar-refractivity contribution in [3.05, 3.63) is 59.4 Å². The van der Waals surface area contributed by atoms with Crippen molar-refractivity contribution in [1.29, 1.82) is 0 Å². The summed E-state index contributed by atoms with van der Waals surface area (Å²) in [7, 11) is 0. The van der Waals surface area contributed by atoms with Crippen LogP contribution in [0, 0.1) is 5.82 Å². The standard InChI is InChI=1S/C19H20FNO4/c1-12(2)25-14-8-9-17(16(20)11-14)21-18(22)10-7-13-5-3-4-6-15(13)19(23)24/h3-6,8-9,11-12H,7,10H2,1-2H3,(H,21,22)(H,23,24). The Morgan fingerprint density at radius 3 is 2.56 bits per heavy atom. The van der Waals surface area contributed by atoms with Crippen LogP contribution in [0.15, 0.2) is 42.5 Å². The van der Waals surface area contributed by atoms with Crippen LogP contribution in [0.5, 0.6) is 5.75 Å². The van der Waals surface area contributed by atoms with Gasteiger partial charge in [-0.3, -0.25) is 4.79 Å². The molecule has 0 spiro atoms. The zero-order valence-corrected chi connectivity index (χ0v) is 14.1. The van der Waals surface area contributed by atoms with E-state index >= 15 is 0 Å². The summed E-state index contributed by atoms with van der Waals surface area (Å²) in [5, 5.41) is 11.6. The van der Waals surface area contributed by atoms with Crippen LogP contribution >= 0.6 is 0 Å². The first-order valence-electron chi connectivity index (χ1n) is 7.94. The molecule has 25 heavy (non-hydrogen) atoms. The number of aromatic carboxylic acids is 1.